The van der Waals surface area contributed by atoms with Gasteiger partial charge in [-0.3, -0.25) is 10.2 Å². The monoisotopic (exact) mass is 206 g/mol. The minimum absolute atomic E-state index is 0.0701. The minimum Gasteiger partial charge on any atom is -0.288 e. The number of hydrogen-bond donors (Lipinski definition) is 2. The van der Waals surface area contributed by atoms with E-state index in [-0.39, 0.29) is 5.91 Å². The molecular formula is C12H18N2O. The van der Waals surface area contributed by atoms with E-state index in [0.717, 1.165) is 27.8 Å². The minimum atomic E-state index is -0.0701. The zero-order valence-corrected chi connectivity index (χ0v) is 9.99. The molecule has 0 spiro atoms. The van der Waals surface area contributed by atoms with Gasteiger partial charge in [-0.15, -0.1) is 0 Å². The molecule has 0 bridgehead atoms. The molecule has 1 amide bonds. The lowest BCUT2D eigenvalue weighted by atomic mass is 9.94. The van der Waals surface area contributed by atoms with Crippen LogP contribution in [0.25, 0.3) is 0 Å². The Morgan fingerprint density at radius 3 is 1.93 bits per heavy atom. The van der Waals surface area contributed by atoms with E-state index in [2.05, 4.69) is 16.9 Å². The van der Waals surface area contributed by atoms with Gasteiger partial charge in [-0.1, -0.05) is 6.07 Å². The van der Waals surface area contributed by atoms with Gasteiger partial charge in [-0.25, -0.2) is 5.43 Å². The molecule has 0 fully saturated rings. The van der Waals surface area contributed by atoms with Gasteiger partial charge >= 0.3 is 0 Å². The fourth-order valence-electron chi connectivity index (χ4n) is 1.73. The number of hydrogen-bond acceptors (Lipinski definition) is 2. The van der Waals surface area contributed by atoms with Crippen LogP contribution >= 0.6 is 0 Å². The van der Waals surface area contributed by atoms with Crippen LogP contribution in [-0.4, -0.2) is 13.0 Å². The first-order valence-corrected chi connectivity index (χ1v) is 5.03. The van der Waals surface area contributed by atoms with Gasteiger partial charge in [-0.05, 0) is 49.9 Å². The summed E-state index contributed by atoms with van der Waals surface area (Å²) in [6.07, 6.45) is 0. The summed E-state index contributed by atoms with van der Waals surface area (Å²) < 4.78 is 0. The molecular weight excluding hydrogens is 188 g/mol. The smallest absolute Gasteiger partial charge is 0.265 e. The second-order valence-electron chi connectivity index (χ2n) is 3.84. The lowest BCUT2D eigenvalue weighted by Crippen LogP contribution is -2.35. The Hall–Kier alpha value is -1.35. The predicted molar refractivity (Wildman–Crippen MR) is 61.9 cm³/mol. The Kier molecular flexibility index (Phi) is 3.48. The lowest BCUT2D eigenvalue weighted by Gasteiger charge is -2.14. The molecule has 0 atom stereocenters. The summed E-state index contributed by atoms with van der Waals surface area (Å²) in [6.45, 7) is 8.01. The van der Waals surface area contributed by atoms with Gasteiger partial charge in [0.2, 0.25) is 0 Å². The third-order valence-corrected chi connectivity index (χ3v) is 2.83. The van der Waals surface area contributed by atoms with Crippen LogP contribution in [0.2, 0.25) is 0 Å². The zero-order chi connectivity index (χ0) is 11.6. The molecule has 2 N–H and O–H groups in total. The highest BCUT2D eigenvalue weighted by atomic mass is 16.2. The molecule has 3 heteroatoms. The SMILES string of the molecule is CNNC(=O)c1c(C)c(C)cc(C)c1C. The first-order chi connectivity index (χ1) is 6.99. The van der Waals surface area contributed by atoms with Gasteiger partial charge in [0, 0.05) is 12.6 Å². The molecule has 0 aliphatic carbocycles. The normalized spacial score (nSPS) is 10.2. The van der Waals surface area contributed by atoms with E-state index in [9.17, 15) is 4.79 Å². The van der Waals surface area contributed by atoms with Gasteiger partial charge < -0.3 is 0 Å². The van der Waals surface area contributed by atoms with Gasteiger partial charge in [0.25, 0.3) is 5.91 Å². The van der Waals surface area contributed by atoms with Crippen molar-refractivity contribution < 1.29 is 4.79 Å². The average molecular weight is 206 g/mol. The van der Waals surface area contributed by atoms with E-state index >= 15 is 0 Å². The quantitative estimate of drug-likeness (QED) is 0.724. The second-order valence-corrected chi connectivity index (χ2v) is 3.84. The van der Waals surface area contributed by atoms with Crippen molar-refractivity contribution in [2.75, 3.05) is 7.05 Å². The highest BCUT2D eigenvalue weighted by molar-refractivity contribution is 5.97. The van der Waals surface area contributed by atoms with E-state index in [4.69, 9.17) is 0 Å². The summed E-state index contributed by atoms with van der Waals surface area (Å²) >= 11 is 0. The Balaban J connectivity index is 3.32. The van der Waals surface area contributed by atoms with Crippen molar-refractivity contribution in [3.8, 4) is 0 Å². The van der Waals surface area contributed by atoms with Crippen molar-refractivity contribution in [3.63, 3.8) is 0 Å². The molecule has 1 aromatic carbocycles. The van der Waals surface area contributed by atoms with E-state index in [0.29, 0.717) is 0 Å². The number of carbonyl (C=O) groups excluding carboxylic acids is 1. The molecule has 0 aromatic heterocycles. The van der Waals surface area contributed by atoms with E-state index in [1.54, 1.807) is 7.05 Å². The van der Waals surface area contributed by atoms with Crippen LogP contribution < -0.4 is 10.9 Å². The van der Waals surface area contributed by atoms with E-state index in [1.807, 2.05) is 27.7 Å². The molecule has 0 saturated heterocycles. The molecule has 0 heterocycles. The summed E-state index contributed by atoms with van der Waals surface area (Å²) in [6, 6.07) is 2.11. The molecule has 0 unspecified atom stereocenters. The number of benzene rings is 1. The van der Waals surface area contributed by atoms with Crippen molar-refractivity contribution in [3.05, 3.63) is 33.9 Å². The van der Waals surface area contributed by atoms with Crippen molar-refractivity contribution in [1.82, 2.24) is 10.9 Å². The summed E-state index contributed by atoms with van der Waals surface area (Å²) in [4.78, 5) is 11.8. The highest BCUT2D eigenvalue weighted by Gasteiger charge is 2.14. The first-order valence-electron chi connectivity index (χ1n) is 5.03. The number of rotatable bonds is 2. The highest BCUT2D eigenvalue weighted by Crippen LogP contribution is 2.21. The Morgan fingerprint density at radius 1 is 1.07 bits per heavy atom. The average Bonchev–Trinajstić information content (AvgIpc) is 2.16. The number of hydrazine groups is 1. The molecule has 0 radical (unpaired) electrons. The Morgan fingerprint density at radius 2 is 1.53 bits per heavy atom. The number of aryl methyl sites for hydroxylation is 2. The molecule has 1 rings (SSSR count). The fraction of sp³-hybridized carbons (Fsp3) is 0.417. The van der Waals surface area contributed by atoms with Crippen LogP contribution in [0.5, 0.6) is 0 Å². The van der Waals surface area contributed by atoms with Crippen LogP contribution in [0, 0.1) is 27.7 Å². The number of carbonyl (C=O) groups is 1. The maximum atomic E-state index is 11.8. The van der Waals surface area contributed by atoms with E-state index in [1.165, 1.54) is 0 Å². The van der Waals surface area contributed by atoms with Crippen molar-refractivity contribution >= 4 is 5.91 Å². The Bertz CT molecular complexity index is 371. The summed E-state index contributed by atoms with van der Waals surface area (Å²) in [5.74, 6) is -0.0701. The molecule has 1 aromatic rings. The second kappa shape index (κ2) is 4.45. The molecule has 0 aliphatic rings. The third kappa shape index (κ3) is 2.18. The standard InChI is InChI=1S/C12H18N2O/c1-7-6-8(2)10(4)11(9(7)3)12(15)14-13-5/h6,13H,1-5H3,(H,14,15). The molecule has 0 saturated carbocycles. The van der Waals surface area contributed by atoms with Crippen molar-refractivity contribution in [2.45, 2.75) is 27.7 Å². The summed E-state index contributed by atoms with van der Waals surface area (Å²) in [5.41, 5.74) is 10.4. The van der Waals surface area contributed by atoms with Gasteiger partial charge in [0.05, 0.1) is 0 Å². The predicted octanol–water partition coefficient (Wildman–Crippen LogP) is 1.78. The zero-order valence-electron chi connectivity index (χ0n) is 9.99. The van der Waals surface area contributed by atoms with Crippen LogP contribution in [0.4, 0.5) is 0 Å². The third-order valence-electron chi connectivity index (χ3n) is 2.83. The summed E-state index contributed by atoms with van der Waals surface area (Å²) in [7, 11) is 1.69. The van der Waals surface area contributed by atoms with Gasteiger partial charge in [0.15, 0.2) is 0 Å². The van der Waals surface area contributed by atoms with E-state index < -0.39 is 0 Å². The maximum absolute atomic E-state index is 11.8. The van der Waals surface area contributed by atoms with Crippen molar-refractivity contribution in [2.24, 2.45) is 0 Å². The van der Waals surface area contributed by atoms with Gasteiger partial charge in [0.1, 0.15) is 0 Å². The van der Waals surface area contributed by atoms with Crippen LogP contribution in [0.3, 0.4) is 0 Å². The molecule has 0 aliphatic heterocycles. The number of amides is 1. The largest absolute Gasteiger partial charge is 0.288 e. The number of nitrogens with one attached hydrogen (secondary N) is 2. The lowest BCUT2D eigenvalue weighted by molar-refractivity contribution is 0.0936. The van der Waals surface area contributed by atoms with Crippen LogP contribution in [-0.2, 0) is 0 Å². The molecule has 3 nitrogen and oxygen atoms in total. The topological polar surface area (TPSA) is 41.1 Å². The molecule has 82 valence electrons. The summed E-state index contributed by atoms with van der Waals surface area (Å²) in [5, 5.41) is 0. The maximum Gasteiger partial charge on any atom is 0.265 e. The Labute approximate surface area is 90.9 Å². The first kappa shape index (κ1) is 11.7. The van der Waals surface area contributed by atoms with Gasteiger partial charge in [-0.2, -0.15) is 0 Å². The molecule has 15 heavy (non-hydrogen) atoms. The fourth-order valence-corrected chi connectivity index (χ4v) is 1.73. The van der Waals surface area contributed by atoms with Crippen LogP contribution in [0.1, 0.15) is 32.6 Å². The van der Waals surface area contributed by atoms with Crippen molar-refractivity contribution in [1.29, 1.82) is 0 Å². The van der Waals surface area contributed by atoms with Crippen LogP contribution in [0.15, 0.2) is 6.07 Å².